The van der Waals surface area contributed by atoms with E-state index in [2.05, 4.69) is 25.5 Å². The van der Waals surface area contributed by atoms with Gasteiger partial charge in [-0.15, -0.1) is 23.1 Å². The Hall–Kier alpha value is -2.90. The fourth-order valence-electron chi connectivity index (χ4n) is 3.60. The Morgan fingerprint density at radius 1 is 1.38 bits per heavy atom. The number of aromatic nitrogens is 4. The lowest BCUT2D eigenvalue weighted by Gasteiger charge is -2.49. The fourth-order valence-corrected chi connectivity index (χ4v) is 6.74. The average molecular weight is 489 g/mol. The first kappa shape index (κ1) is 21.0. The molecule has 1 unspecified atom stereocenters. The van der Waals surface area contributed by atoms with Crippen LogP contribution in [0.2, 0.25) is 0 Å². The zero-order valence-corrected chi connectivity index (χ0v) is 18.8. The second-order valence-corrected chi connectivity index (χ2v) is 10.2. The number of carbonyl (C=O) groups excluding carboxylic acids is 2. The Kier molecular flexibility index (Phi) is 5.61. The highest BCUT2D eigenvalue weighted by Gasteiger charge is 2.54. The predicted molar refractivity (Wildman–Crippen MR) is 120 cm³/mol. The first-order chi connectivity index (χ1) is 15.5. The molecule has 3 aromatic rings. The number of aliphatic carboxylic acids is 1. The van der Waals surface area contributed by atoms with Crippen molar-refractivity contribution in [2.75, 3.05) is 11.5 Å². The van der Waals surface area contributed by atoms with E-state index in [0.717, 1.165) is 4.88 Å². The lowest BCUT2D eigenvalue weighted by Crippen LogP contribution is -2.70. The molecule has 0 radical (unpaired) electrons. The molecule has 164 valence electrons. The van der Waals surface area contributed by atoms with E-state index in [-0.39, 0.29) is 18.0 Å². The van der Waals surface area contributed by atoms with E-state index in [4.69, 9.17) is 0 Å². The molecule has 0 aliphatic carbocycles. The third-order valence-electron chi connectivity index (χ3n) is 5.07. The number of nitrogens with one attached hydrogen (secondary N) is 2. The van der Waals surface area contributed by atoms with Gasteiger partial charge in [-0.2, -0.15) is 5.10 Å². The number of carbonyl (C=O) groups is 3. The summed E-state index contributed by atoms with van der Waals surface area (Å²) in [5, 5.41) is 21.5. The second kappa shape index (κ2) is 8.56. The molecule has 2 aliphatic rings. The summed E-state index contributed by atoms with van der Waals surface area (Å²) in [6.45, 7) is 0. The molecule has 2 amide bonds. The van der Waals surface area contributed by atoms with Crippen molar-refractivity contribution < 1.29 is 19.5 Å². The molecule has 3 aromatic heterocycles. The molecule has 13 heteroatoms. The number of hydrogen-bond acceptors (Lipinski definition) is 9. The van der Waals surface area contributed by atoms with Gasteiger partial charge in [0.25, 0.3) is 5.91 Å². The number of carboxylic acids is 1. The van der Waals surface area contributed by atoms with Crippen LogP contribution in [-0.4, -0.2) is 70.9 Å². The van der Waals surface area contributed by atoms with Gasteiger partial charge in [-0.3, -0.25) is 19.6 Å². The van der Waals surface area contributed by atoms with E-state index in [1.807, 2.05) is 17.5 Å². The third-order valence-corrected chi connectivity index (χ3v) is 8.36. The van der Waals surface area contributed by atoms with Crippen molar-refractivity contribution in [2.45, 2.75) is 22.9 Å². The Morgan fingerprint density at radius 2 is 2.25 bits per heavy atom. The summed E-state index contributed by atoms with van der Waals surface area (Å²) in [7, 11) is 0. The molecule has 0 spiro atoms. The Morgan fingerprint density at radius 3 is 3.03 bits per heavy atom. The molecule has 3 N–H and O–H groups in total. The molecule has 1 fully saturated rings. The topological polar surface area (TPSA) is 141 Å². The van der Waals surface area contributed by atoms with Gasteiger partial charge in [0.2, 0.25) is 5.91 Å². The van der Waals surface area contributed by atoms with Gasteiger partial charge in [-0.25, -0.2) is 14.8 Å². The number of amides is 2. The van der Waals surface area contributed by atoms with Crippen molar-refractivity contribution in [3.63, 3.8) is 0 Å². The van der Waals surface area contributed by atoms with E-state index < -0.39 is 23.3 Å². The van der Waals surface area contributed by atoms with E-state index >= 15 is 0 Å². The van der Waals surface area contributed by atoms with Crippen molar-refractivity contribution >= 4 is 63.7 Å². The maximum Gasteiger partial charge on any atom is 0.352 e. The van der Waals surface area contributed by atoms with Crippen molar-refractivity contribution in [3.8, 4) is 0 Å². The van der Waals surface area contributed by atoms with Gasteiger partial charge in [0.15, 0.2) is 0 Å². The van der Waals surface area contributed by atoms with E-state index in [1.54, 1.807) is 6.20 Å². The molecular formula is C19H16N6O4S3. The lowest BCUT2D eigenvalue weighted by atomic mass is 10.0. The first-order valence-corrected chi connectivity index (χ1v) is 12.4. The van der Waals surface area contributed by atoms with Gasteiger partial charge < -0.3 is 10.4 Å². The Bertz CT molecular complexity index is 1240. The summed E-state index contributed by atoms with van der Waals surface area (Å²) < 4.78 is 0. The maximum absolute atomic E-state index is 12.8. The highest BCUT2D eigenvalue weighted by molar-refractivity contribution is 8.01. The molecule has 5 heterocycles. The van der Waals surface area contributed by atoms with Crippen LogP contribution in [0.15, 0.2) is 46.3 Å². The molecule has 10 nitrogen and oxygen atoms in total. The number of H-pyrrole nitrogens is 1. The second-order valence-electron chi connectivity index (χ2n) is 7.07. The number of carboxylic acid groups (broad SMARTS) is 1. The number of nitrogens with zero attached hydrogens (tertiary/aromatic N) is 4. The Labute approximate surface area is 193 Å². The SMILES string of the molecule is O=C(Cc1cccs1)NC1C(=O)N2C(C(=O)O)=C(CSc3ncnc4cn[nH]c34)CS[C@H]12. The molecule has 2 atom stereocenters. The van der Waals surface area contributed by atoms with Crippen molar-refractivity contribution in [1.29, 1.82) is 0 Å². The van der Waals surface area contributed by atoms with E-state index in [0.29, 0.717) is 33.1 Å². The predicted octanol–water partition coefficient (Wildman–Crippen LogP) is 1.49. The van der Waals surface area contributed by atoms with Crippen LogP contribution in [-0.2, 0) is 20.8 Å². The zero-order valence-electron chi connectivity index (χ0n) is 16.3. The Balaban J connectivity index is 1.30. The third kappa shape index (κ3) is 3.76. The summed E-state index contributed by atoms with van der Waals surface area (Å²) >= 11 is 4.28. The number of hydrogen-bond donors (Lipinski definition) is 3. The number of fused-ring (bicyclic) bond motifs is 2. The van der Waals surface area contributed by atoms with Crippen LogP contribution in [0.1, 0.15) is 4.88 Å². The molecule has 1 saturated heterocycles. The number of thioether (sulfide) groups is 2. The molecular weight excluding hydrogens is 472 g/mol. The maximum atomic E-state index is 12.8. The minimum absolute atomic E-state index is 0.00934. The van der Waals surface area contributed by atoms with Crippen LogP contribution in [0.25, 0.3) is 11.0 Å². The quantitative estimate of drug-likeness (QED) is 0.256. The minimum atomic E-state index is -1.16. The molecule has 5 rings (SSSR count). The van der Waals surface area contributed by atoms with Crippen LogP contribution in [0, 0.1) is 0 Å². The average Bonchev–Trinajstić information content (AvgIpc) is 3.47. The largest absolute Gasteiger partial charge is 0.477 e. The highest BCUT2D eigenvalue weighted by Crippen LogP contribution is 2.41. The van der Waals surface area contributed by atoms with Crippen LogP contribution in [0.5, 0.6) is 0 Å². The number of β-lactam (4-membered cyclic amide) rings is 1. The molecule has 0 bridgehead atoms. The van der Waals surface area contributed by atoms with Crippen LogP contribution in [0.3, 0.4) is 0 Å². The molecule has 0 saturated carbocycles. The molecule has 0 aromatic carbocycles. The van der Waals surface area contributed by atoms with Crippen molar-refractivity contribution in [2.24, 2.45) is 0 Å². The summed E-state index contributed by atoms with van der Waals surface area (Å²) in [4.78, 5) is 47.7. The van der Waals surface area contributed by atoms with Gasteiger partial charge in [0.1, 0.15) is 39.5 Å². The van der Waals surface area contributed by atoms with Gasteiger partial charge in [-0.05, 0) is 17.0 Å². The minimum Gasteiger partial charge on any atom is -0.477 e. The standard InChI is InChI=1S/C19H16N6O4S3/c26-12(4-10-2-1-3-30-10)23-14-17(27)25-15(19(28)29)9(7-32-18(14)25)6-31-16-13-11(5-22-24-13)20-8-21-16/h1-3,5,8,14,18H,4,6-7H2,(H,22,24)(H,23,26)(H,28,29)/t14?,18-/m1/s1. The van der Waals surface area contributed by atoms with Crippen LogP contribution >= 0.6 is 34.9 Å². The summed E-state index contributed by atoms with van der Waals surface area (Å²) in [6.07, 6.45) is 3.22. The van der Waals surface area contributed by atoms with Crippen molar-refractivity contribution in [1.82, 2.24) is 30.4 Å². The molecule has 32 heavy (non-hydrogen) atoms. The monoisotopic (exact) mass is 488 g/mol. The van der Waals surface area contributed by atoms with Gasteiger partial charge >= 0.3 is 5.97 Å². The highest BCUT2D eigenvalue weighted by atomic mass is 32.2. The fraction of sp³-hybridized carbons (Fsp3) is 0.263. The first-order valence-electron chi connectivity index (χ1n) is 9.51. The van der Waals surface area contributed by atoms with Gasteiger partial charge in [0, 0.05) is 16.4 Å². The smallest absolute Gasteiger partial charge is 0.352 e. The van der Waals surface area contributed by atoms with Crippen LogP contribution in [0.4, 0.5) is 0 Å². The number of aromatic amines is 1. The van der Waals surface area contributed by atoms with E-state index in [9.17, 15) is 19.5 Å². The summed E-state index contributed by atoms with van der Waals surface area (Å²) in [5.41, 5.74) is 1.98. The summed E-state index contributed by atoms with van der Waals surface area (Å²) in [6, 6.07) is 3.00. The number of rotatable bonds is 7. The van der Waals surface area contributed by atoms with Gasteiger partial charge in [0.05, 0.1) is 12.6 Å². The number of thiophene rings is 1. The molecule has 2 aliphatic heterocycles. The normalized spacial score (nSPS) is 20.2. The summed E-state index contributed by atoms with van der Waals surface area (Å²) in [5.74, 6) is -1.01. The lowest BCUT2D eigenvalue weighted by molar-refractivity contribution is -0.150. The van der Waals surface area contributed by atoms with Crippen LogP contribution < -0.4 is 5.32 Å². The van der Waals surface area contributed by atoms with Gasteiger partial charge in [-0.1, -0.05) is 17.8 Å². The van der Waals surface area contributed by atoms with Crippen molar-refractivity contribution in [3.05, 3.63) is 46.2 Å². The van der Waals surface area contributed by atoms with E-state index in [1.165, 1.54) is 46.1 Å². The zero-order chi connectivity index (χ0) is 22.2.